The number of anilines is 2. The van der Waals surface area contributed by atoms with Gasteiger partial charge in [0.25, 0.3) is 5.91 Å². The molecule has 0 unspecified atom stereocenters. The van der Waals surface area contributed by atoms with Gasteiger partial charge in [0.2, 0.25) is 0 Å². The number of carbonyl (C=O) groups is 1. The molecule has 0 aliphatic heterocycles. The molecule has 146 valence electrons. The highest BCUT2D eigenvalue weighted by atomic mass is 16.1. The van der Waals surface area contributed by atoms with Gasteiger partial charge in [-0.3, -0.25) is 22.0 Å². The summed E-state index contributed by atoms with van der Waals surface area (Å²) in [4.78, 5) is 15.5. The first-order chi connectivity index (χ1) is 13.8. The molecule has 0 aliphatic carbocycles. The highest BCUT2D eigenvalue weighted by Gasteiger charge is 2.19. The zero-order valence-corrected chi connectivity index (χ0v) is 15.4. The Hall–Kier alpha value is -3.88. The first kappa shape index (κ1) is 19.9. The van der Waals surface area contributed by atoms with Crippen LogP contribution in [0.15, 0.2) is 71.8 Å². The summed E-state index contributed by atoms with van der Waals surface area (Å²) in [7, 11) is 0. The normalized spacial score (nSPS) is 10.9. The molecule has 3 aromatic rings. The van der Waals surface area contributed by atoms with E-state index in [4.69, 9.17) is 28.5 Å². The third-order valence-corrected chi connectivity index (χ3v) is 4.25. The van der Waals surface area contributed by atoms with Crippen molar-refractivity contribution in [2.24, 2.45) is 22.3 Å². The van der Waals surface area contributed by atoms with Gasteiger partial charge in [-0.05, 0) is 47.0 Å². The SMILES string of the molecule is [N-]=[N+]=Nc1cc(C(=O)Nc2cc(-c3ccccc3)ccc2N)cc(C(N)(N)N)c1. The lowest BCUT2D eigenvalue weighted by atomic mass is 10.0. The Morgan fingerprint density at radius 3 is 2.34 bits per heavy atom. The molecule has 3 rings (SSSR count). The largest absolute Gasteiger partial charge is 0.397 e. The number of benzene rings is 3. The Morgan fingerprint density at radius 1 is 0.966 bits per heavy atom. The monoisotopic (exact) mass is 388 g/mol. The Balaban J connectivity index is 1.96. The summed E-state index contributed by atoms with van der Waals surface area (Å²) in [5, 5.41) is 6.27. The molecule has 9 nitrogen and oxygen atoms in total. The van der Waals surface area contributed by atoms with Crippen LogP contribution in [-0.4, -0.2) is 5.91 Å². The second-order valence-corrected chi connectivity index (χ2v) is 6.51. The molecule has 1 amide bonds. The van der Waals surface area contributed by atoms with E-state index in [-0.39, 0.29) is 16.8 Å². The number of rotatable bonds is 5. The first-order valence-electron chi connectivity index (χ1n) is 8.61. The number of azide groups is 1. The fourth-order valence-corrected chi connectivity index (χ4v) is 2.77. The van der Waals surface area contributed by atoms with Crippen LogP contribution >= 0.6 is 0 Å². The molecule has 9 heteroatoms. The van der Waals surface area contributed by atoms with Crippen LogP contribution in [-0.2, 0) is 5.79 Å². The van der Waals surface area contributed by atoms with Crippen LogP contribution in [0.3, 0.4) is 0 Å². The van der Waals surface area contributed by atoms with Crippen molar-refractivity contribution in [3.8, 4) is 11.1 Å². The van der Waals surface area contributed by atoms with Gasteiger partial charge in [0.1, 0.15) is 5.79 Å². The van der Waals surface area contributed by atoms with E-state index in [9.17, 15) is 4.79 Å². The molecule has 0 atom stereocenters. The average Bonchev–Trinajstić information content (AvgIpc) is 2.69. The highest BCUT2D eigenvalue weighted by molar-refractivity contribution is 6.06. The number of nitrogen functional groups attached to an aromatic ring is 1. The number of carbonyl (C=O) groups excluding carboxylic acids is 1. The number of nitrogens with one attached hydrogen (secondary N) is 1. The average molecular weight is 388 g/mol. The van der Waals surface area contributed by atoms with Crippen LogP contribution in [0.5, 0.6) is 0 Å². The zero-order chi connectivity index (χ0) is 21.0. The van der Waals surface area contributed by atoms with Crippen molar-refractivity contribution in [2.45, 2.75) is 5.79 Å². The number of hydrogen-bond acceptors (Lipinski definition) is 6. The lowest BCUT2D eigenvalue weighted by Gasteiger charge is -2.20. The van der Waals surface area contributed by atoms with Gasteiger partial charge < -0.3 is 11.1 Å². The van der Waals surface area contributed by atoms with E-state index in [1.807, 2.05) is 36.4 Å². The molecule has 0 radical (unpaired) electrons. The van der Waals surface area contributed by atoms with E-state index < -0.39 is 11.7 Å². The molecule has 0 saturated heterocycles. The Kier molecular flexibility index (Phi) is 5.49. The quantitative estimate of drug-likeness (QED) is 0.148. The molecule has 0 fully saturated rings. The fourth-order valence-electron chi connectivity index (χ4n) is 2.77. The van der Waals surface area contributed by atoms with Gasteiger partial charge >= 0.3 is 0 Å². The fraction of sp³-hybridized carbons (Fsp3) is 0.0500. The van der Waals surface area contributed by atoms with Crippen molar-refractivity contribution in [3.63, 3.8) is 0 Å². The van der Waals surface area contributed by atoms with E-state index in [1.165, 1.54) is 18.2 Å². The van der Waals surface area contributed by atoms with Crippen LogP contribution < -0.4 is 28.3 Å². The molecule has 0 spiro atoms. The van der Waals surface area contributed by atoms with Crippen molar-refractivity contribution < 1.29 is 4.79 Å². The minimum absolute atomic E-state index is 0.159. The van der Waals surface area contributed by atoms with Crippen molar-refractivity contribution in [3.05, 3.63) is 88.3 Å². The smallest absolute Gasteiger partial charge is 0.255 e. The second kappa shape index (κ2) is 8.01. The molecular formula is C20H20N8O. The number of hydrogen-bond donors (Lipinski definition) is 5. The molecule has 0 aliphatic rings. The standard InChI is InChI=1S/C20H20N8O/c21-17-7-6-13(12-4-2-1-3-5-12)10-18(17)26-19(29)14-8-15(20(22,23)24)11-16(9-14)27-28-25/h1-11H,21-24H2,(H,26,29). The van der Waals surface area contributed by atoms with Crippen LogP contribution in [0.1, 0.15) is 15.9 Å². The Morgan fingerprint density at radius 2 is 1.69 bits per heavy atom. The number of amides is 1. The van der Waals surface area contributed by atoms with Crippen molar-refractivity contribution >= 4 is 23.0 Å². The van der Waals surface area contributed by atoms with E-state index in [0.29, 0.717) is 11.4 Å². The molecule has 0 bridgehead atoms. The summed E-state index contributed by atoms with van der Waals surface area (Å²) < 4.78 is 0. The summed E-state index contributed by atoms with van der Waals surface area (Å²) in [6.07, 6.45) is 0. The predicted molar refractivity (Wildman–Crippen MR) is 114 cm³/mol. The molecular weight excluding hydrogens is 368 g/mol. The third kappa shape index (κ3) is 4.70. The van der Waals surface area contributed by atoms with E-state index >= 15 is 0 Å². The molecule has 29 heavy (non-hydrogen) atoms. The van der Waals surface area contributed by atoms with E-state index in [0.717, 1.165) is 11.1 Å². The maximum atomic E-state index is 12.8. The molecule has 0 saturated carbocycles. The van der Waals surface area contributed by atoms with Crippen molar-refractivity contribution in [2.75, 3.05) is 11.1 Å². The van der Waals surface area contributed by atoms with Gasteiger partial charge in [-0.2, -0.15) is 0 Å². The predicted octanol–water partition coefficient (Wildman–Crippen LogP) is 3.12. The summed E-state index contributed by atoms with van der Waals surface area (Å²) in [5.74, 6) is -2.19. The minimum atomic E-state index is -1.71. The Bertz CT molecular complexity index is 1100. The summed E-state index contributed by atoms with van der Waals surface area (Å²) in [6.45, 7) is 0. The molecule has 0 aromatic heterocycles. The lowest BCUT2D eigenvalue weighted by molar-refractivity contribution is 0.102. The van der Waals surface area contributed by atoms with E-state index in [1.54, 1.807) is 12.1 Å². The van der Waals surface area contributed by atoms with Crippen LogP contribution in [0, 0.1) is 0 Å². The van der Waals surface area contributed by atoms with Crippen LogP contribution in [0.2, 0.25) is 0 Å². The Labute approximate surface area is 166 Å². The maximum Gasteiger partial charge on any atom is 0.255 e. The first-order valence-corrected chi connectivity index (χ1v) is 8.61. The molecule has 3 aromatic carbocycles. The maximum absolute atomic E-state index is 12.8. The van der Waals surface area contributed by atoms with Gasteiger partial charge in [0, 0.05) is 21.7 Å². The van der Waals surface area contributed by atoms with Gasteiger partial charge in [-0.25, -0.2) is 0 Å². The van der Waals surface area contributed by atoms with Gasteiger partial charge in [0.05, 0.1) is 11.4 Å². The lowest BCUT2D eigenvalue weighted by Crippen LogP contribution is -2.54. The van der Waals surface area contributed by atoms with Gasteiger partial charge in [0.15, 0.2) is 0 Å². The van der Waals surface area contributed by atoms with Gasteiger partial charge in [-0.15, -0.1) is 0 Å². The molecule has 0 heterocycles. The molecule has 9 N–H and O–H groups in total. The van der Waals surface area contributed by atoms with Crippen LogP contribution in [0.25, 0.3) is 21.6 Å². The van der Waals surface area contributed by atoms with E-state index in [2.05, 4.69) is 15.3 Å². The van der Waals surface area contributed by atoms with Crippen molar-refractivity contribution in [1.29, 1.82) is 0 Å². The minimum Gasteiger partial charge on any atom is -0.397 e. The summed E-state index contributed by atoms with van der Waals surface area (Å²) in [6, 6.07) is 19.3. The number of nitrogens with two attached hydrogens (primary N) is 4. The highest BCUT2D eigenvalue weighted by Crippen LogP contribution is 2.28. The van der Waals surface area contributed by atoms with Crippen molar-refractivity contribution in [1.82, 2.24) is 0 Å². The topological polar surface area (TPSA) is 182 Å². The third-order valence-electron chi connectivity index (χ3n) is 4.25. The second-order valence-electron chi connectivity index (χ2n) is 6.51. The zero-order valence-electron chi connectivity index (χ0n) is 15.4. The summed E-state index contributed by atoms with van der Waals surface area (Å²) in [5.41, 5.74) is 35.2. The van der Waals surface area contributed by atoms with Crippen LogP contribution in [0.4, 0.5) is 17.1 Å². The summed E-state index contributed by atoms with van der Waals surface area (Å²) >= 11 is 0. The number of nitrogens with zero attached hydrogens (tertiary/aromatic N) is 3. The van der Waals surface area contributed by atoms with Gasteiger partial charge in [-0.1, -0.05) is 41.5 Å².